The lowest BCUT2D eigenvalue weighted by atomic mass is 10.00. The summed E-state index contributed by atoms with van der Waals surface area (Å²) in [7, 11) is 0. The number of alkyl halides is 3. The Morgan fingerprint density at radius 2 is 2.12 bits per heavy atom. The Balaban J connectivity index is 2.22. The molecule has 0 saturated heterocycles. The second-order valence-corrected chi connectivity index (χ2v) is 3.79. The molecule has 1 aromatic rings. The second kappa shape index (κ2) is 3.97. The first-order valence-electron chi connectivity index (χ1n) is 4.97. The monoisotopic (exact) mass is 232 g/mol. The molecule has 88 valence electrons. The molecule has 1 atom stereocenters. The number of hydrogen-bond donors (Lipinski definition) is 1. The average molecular weight is 232 g/mol. The molecule has 0 fully saturated rings. The molecule has 5 heteroatoms. The topological polar surface area (TPSA) is 29.5 Å². The van der Waals surface area contributed by atoms with Crippen molar-refractivity contribution < 1.29 is 23.0 Å². The maximum Gasteiger partial charge on any atom is 0.425 e. The normalized spacial score (nSPS) is 20.1. The Hall–Kier alpha value is -1.23. The van der Waals surface area contributed by atoms with Crippen LogP contribution in [0.25, 0.3) is 0 Å². The fourth-order valence-corrected chi connectivity index (χ4v) is 1.77. The van der Waals surface area contributed by atoms with E-state index < -0.39 is 12.3 Å². The summed E-state index contributed by atoms with van der Waals surface area (Å²) >= 11 is 0. The molecule has 1 aliphatic rings. The van der Waals surface area contributed by atoms with Crippen LogP contribution in [-0.2, 0) is 13.0 Å². The third-order valence-corrected chi connectivity index (χ3v) is 2.62. The van der Waals surface area contributed by atoms with Crippen molar-refractivity contribution in [2.45, 2.75) is 31.7 Å². The molecule has 0 aliphatic carbocycles. The van der Waals surface area contributed by atoms with E-state index in [1.807, 2.05) is 0 Å². The van der Waals surface area contributed by atoms with Gasteiger partial charge in [0.25, 0.3) is 0 Å². The van der Waals surface area contributed by atoms with E-state index >= 15 is 0 Å². The van der Waals surface area contributed by atoms with E-state index in [9.17, 15) is 13.2 Å². The van der Waals surface area contributed by atoms with E-state index in [4.69, 9.17) is 9.84 Å². The summed E-state index contributed by atoms with van der Waals surface area (Å²) < 4.78 is 42.1. The zero-order chi connectivity index (χ0) is 11.8. The van der Waals surface area contributed by atoms with Crippen molar-refractivity contribution in [1.82, 2.24) is 0 Å². The predicted molar refractivity (Wildman–Crippen MR) is 51.2 cm³/mol. The first-order valence-corrected chi connectivity index (χ1v) is 4.97. The van der Waals surface area contributed by atoms with Crippen LogP contribution in [0.15, 0.2) is 18.2 Å². The summed E-state index contributed by atoms with van der Waals surface area (Å²) in [6, 6.07) is 4.73. The highest BCUT2D eigenvalue weighted by atomic mass is 19.4. The van der Waals surface area contributed by atoms with Gasteiger partial charge in [-0.25, -0.2) is 0 Å². The van der Waals surface area contributed by atoms with Gasteiger partial charge < -0.3 is 9.84 Å². The average Bonchev–Trinajstić information content (AvgIpc) is 2.26. The Kier molecular flexibility index (Phi) is 2.80. The van der Waals surface area contributed by atoms with Gasteiger partial charge in [-0.15, -0.1) is 0 Å². The molecule has 1 unspecified atom stereocenters. The van der Waals surface area contributed by atoms with E-state index in [2.05, 4.69) is 0 Å². The highest BCUT2D eigenvalue weighted by Crippen LogP contribution is 2.35. The standard InChI is InChI=1S/C11H11F3O2/c12-11(13,14)10-4-2-8-5-7(6-15)1-3-9(8)16-10/h1,3,5,10,15H,2,4,6H2. The summed E-state index contributed by atoms with van der Waals surface area (Å²) in [5.74, 6) is 0.269. The quantitative estimate of drug-likeness (QED) is 0.805. The van der Waals surface area contributed by atoms with E-state index in [-0.39, 0.29) is 18.8 Å². The zero-order valence-corrected chi connectivity index (χ0v) is 8.42. The third-order valence-electron chi connectivity index (χ3n) is 2.62. The van der Waals surface area contributed by atoms with Gasteiger partial charge in [0.1, 0.15) is 5.75 Å². The molecule has 2 rings (SSSR count). The second-order valence-electron chi connectivity index (χ2n) is 3.79. The Morgan fingerprint density at radius 1 is 1.38 bits per heavy atom. The van der Waals surface area contributed by atoms with Crippen LogP contribution in [0.4, 0.5) is 13.2 Å². The van der Waals surface area contributed by atoms with Crippen molar-refractivity contribution in [2.75, 3.05) is 0 Å². The fourth-order valence-electron chi connectivity index (χ4n) is 1.77. The van der Waals surface area contributed by atoms with Gasteiger partial charge in [0, 0.05) is 0 Å². The molecule has 0 saturated carbocycles. The molecule has 1 aliphatic heterocycles. The number of ether oxygens (including phenoxy) is 1. The molecule has 0 bridgehead atoms. The number of halogens is 3. The number of fused-ring (bicyclic) bond motifs is 1. The molecule has 0 spiro atoms. The number of benzene rings is 1. The molecule has 16 heavy (non-hydrogen) atoms. The van der Waals surface area contributed by atoms with Gasteiger partial charge in [0.15, 0.2) is 6.10 Å². The summed E-state index contributed by atoms with van der Waals surface area (Å²) in [5, 5.41) is 8.90. The van der Waals surface area contributed by atoms with Gasteiger partial charge in [-0.05, 0) is 36.1 Å². The lowest BCUT2D eigenvalue weighted by Crippen LogP contribution is -2.37. The van der Waals surface area contributed by atoms with Crippen LogP contribution in [0.3, 0.4) is 0 Å². The number of aliphatic hydroxyl groups is 1. The van der Waals surface area contributed by atoms with Gasteiger partial charge in [0.2, 0.25) is 0 Å². The molecule has 1 heterocycles. The van der Waals surface area contributed by atoms with Crippen LogP contribution in [0.2, 0.25) is 0 Å². The molecule has 0 radical (unpaired) electrons. The van der Waals surface area contributed by atoms with Crippen molar-refractivity contribution in [3.63, 3.8) is 0 Å². The largest absolute Gasteiger partial charge is 0.481 e. The minimum absolute atomic E-state index is 0.0641. The molecular weight excluding hydrogens is 221 g/mol. The number of aryl methyl sites for hydroxylation is 1. The summed E-state index contributed by atoms with van der Waals surface area (Å²) in [5.41, 5.74) is 1.42. The Morgan fingerprint density at radius 3 is 2.75 bits per heavy atom. The van der Waals surface area contributed by atoms with Gasteiger partial charge in [-0.2, -0.15) is 13.2 Å². The number of rotatable bonds is 1. The molecule has 0 amide bonds. The maximum absolute atomic E-state index is 12.4. The van der Waals surface area contributed by atoms with Gasteiger partial charge in [-0.3, -0.25) is 0 Å². The zero-order valence-electron chi connectivity index (χ0n) is 8.42. The van der Waals surface area contributed by atoms with E-state index in [1.54, 1.807) is 12.1 Å². The third kappa shape index (κ3) is 2.14. The van der Waals surface area contributed by atoms with Crippen molar-refractivity contribution in [3.05, 3.63) is 29.3 Å². The van der Waals surface area contributed by atoms with Crippen LogP contribution in [0.5, 0.6) is 5.75 Å². The van der Waals surface area contributed by atoms with E-state index in [0.717, 1.165) is 5.56 Å². The predicted octanol–water partition coefficient (Wildman–Crippen LogP) is 2.43. The van der Waals surface area contributed by atoms with Crippen molar-refractivity contribution >= 4 is 0 Å². The molecule has 1 aromatic carbocycles. The highest BCUT2D eigenvalue weighted by Gasteiger charge is 2.43. The lowest BCUT2D eigenvalue weighted by Gasteiger charge is -2.27. The van der Waals surface area contributed by atoms with E-state index in [0.29, 0.717) is 12.0 Å². The maximum atomic E-state index is 12.4. The molecule has 0 aromatic heterocycles. The highest BCUT2D eigenvalue weighted by molar-refractivity contribution is 5.38. The van der Waals surface area contributed by atoms with Crippen molar-refractivity contribution in [2.24, 2.45) is 0 Å². The van der Waals surface area contributed by atoms with Crippen LogP contribution in [-0.4, -0.2) is 17.4 Å². The van der Waals surface area contributed by atoms with E-state index in [1.165, 1.54) is 6.07 Å². The van der Waals surface area contributed by atoms with Gasteiger partial charge in [-0.1, -0.05) is 6.07 Å². The Bertz CT molecular complexity index is 387. The van der Waals surface area contributed by atoms with Crippen LogP contribution < -0.4 is 4.74 Å². The smallest absolute Gasteiger partial charge is 0.425 e. The minimum Gasteiger partial charge on any atom is -0.481 e. The fraction of sp³-hybridized carbons (Fsp3) is 0.455. The summed E-state index contributed by atoms with van der Waals surface area (Å²) in [6.45, 7) is -0.115. The van der Waals surface area contributed by atoms with Crippen LogP contribution in [0.1, 0.15) is 17.5 Å². The molecule has 1 N–H and O–H groups in total. The molecule has 2 nitrogen and oxygen atoms in total. The Labute approximate surface area is 90.7 Å². The van der Waals surface area contributed by atoms with Gasteiger partial charge >= 0.3 is 6.18 Å². The van der Waals surface area contributed by atoms with Crippen LogP contribution in [0, 0.1) is 0 Å². The number of aliphatic hydroxyl groups excluding tert-OH is 1. The van der Waals surface area contributed by atoms with Crippen molar-refractivity contribution in [3.8, 4) is 5.75 Å². The first kappa shape index (κ1) is 11.3. The lowest BCUT2D eigenvalue weighted by molar-refractivity contribution is -0.199. The number of hydrogen-bond acceptors (Lipinski definition) is 2. The molecular formula is C11H11F3O2. The van der Waals surface area contributed by atoms with Crippen LogP contribution >= 0.6 is 0 Å². The summed E-state index contributed by atoms with van der Waals surface area (Å²) in [4.78, 5) is 0. The minimum atomic E-state index is -4.31. The first-order chi connectivity index (χ1) is 7.50. The van der Waals surface area contributed by atoms with Crippen molar-refractivity contribution in [1.29, 1.82) is 0 Å². The van der Waals surface area contributed by atoms with Gasteiger partial charge in [0.05, 0.1) is 6.61 Å². The summed E-state index contributed by atoms with van der Waals surface area (Å²) in [6.07, 6.45) is -5.76. The SMILES string of the molecule is OCc1ccc2c(c1)CCC(C(F)(F)F)O2.